The number of hydrogen-bond donors (Lipinski definition) is 1. The first kappa shape index (κ1) is 13.5. The molecule has 0 saturated carbocycles. The summed E-state index contributed by atoms with van der Waals surface area (Å²) in [4.78, 5) is 0. The van der Waals surface area contributed by atoms with Gasteiger partial charge in [-0.25, -0.2) is 0 Å². The molecule has 0 heterocycles. The minimum Gasteiger partial charge on any atom is -0.389 e. The molecule has 1 rings (SSSR count). The van der Waals surface area contributed by atoms with Gasteiger partial charge < -0.3 is 9.84 Å². The summed E-state index contributed by atoms with van der Waals surface area (Å²) in [5, 5.41) is 9.67. The van der Waals surface area contributed by atoms with E-state index in [1.54, 1.807) is 0 Å². The molecule has 0 amide bonds. The van der Waals surface area contributed by atoms with Crippen LogP contribution in [0.25, 0.3) is 0 Å². The predicted molar refractivity (Wildman–Crippen MR) is 54.0 cm³/mol. The maximum absolute atomic E-state index is 11.7. The topological polar surface area (TPSA) is 29.5 Å². The lowest BCUT2D eigenvalue weighted by Gasteiger charge is -2.18. The molecule has 1 unspecified atom stereocenters. The molecule has 16 heavy (non-hydrogen) atoms. The third-order valence-electron chi connectivity index (χ3n) is 2.56. The number of aliphatic hydroxyl groups is 1. The van der Waals surface area contributed by atoms with Gasteiger partial charge in [0.2, 0.25) is 0 Å². The van der Waals surface area contributed by atoms with Gasteiger partial charge in [0, 0.05) is 13.0 Å². The summed E-state index contributed by atoms with van der Waals surface area (Å²) in [6, 6.07) is 0. The summed E-state index contributed by atoms with van der Waals surface area (Å²) < 4.78 is 39.7. The van der Waals surface area contributed by atoms with E-state index < -0.39 is 18.9 Å². The molecule has 0 radical (unpaired) electrons. The zero-order chi connectivity index (χ0) is 12.0. The Labute approximate surface area is 93.1 Å². The van der Waals surface area contributed by atoms with E-state index in [0.717, 1.165) is 31.3 Å². The van der Waals surface area contributed by atoms with Crippen molar-refractivity contribution in [3.05, 3.63) is 11.6 Å². The Morgan fingerprint density at radius 3 is 2.69 bits per heavy atom. The number of rotatable bonds is 5. The zero-order valence-electron chi connectivity index (χ0n) is 9.09. The highest BCUT2D eigenvalue weighted by Crippen LogP contribution is 2.22. The maximum atomic E-state index is 11.7. The van der Waals surface area contributed by atoms with Crippen LogP contribution in [0.5, 0.6) is 0 Å². The highest BCUT2D eigenvalue weighted by atomic mass is 19.4. The van der Waals surface area contributed by atoms with Gasteiger partial charge in [0.05, 0.1) is 6.10 Å². The van der Waals surface area contributed by atoms with Crippen molar-refractivity contribution in [3.63, 3.8) is 0 Å². The van der Waals surface area contributed by atoms with Crippen LogP contribution >= 0.6 is 0 Å². The fourth-order valence-corrected chi connectivity index (χ4v) is 1.73. The standard InChI is InChI=1S/C11H17F3O2/c12-11(13,14)8-16-7-6-10(15)9-4-2-1-3-5-9/h4,10,15H,1-3,5-8H2. The third-order valence-corrected chi connectivity index (χ3v) is 2.56. The van der Waals surface area contributed by atoms with Crippen molar-refractivity contribution < 1.29 is 23.0 Å². The van der Waals surface area contributed by atoms with Crippen molar-refractivity contribution in [1.29, 1.82) is 0 Å². The van der Waals surface area contributed by atoms with Crippen molar-refractivity contribution in [2.75, 3.05) is 13.2 Å². The summed E-state index contributed by atoms with van der Waals surface area (Å²) in [7, 11) is 0. The molecular formula is C11H17F3O2. The minimum absolute atomic E-state index is 0.0575. The normalized spacial score (nSPS) is 19.4. The molecule has 0 bridgehead atoms. The molecule has 5 heteroatoms. The monoisotopic (exact) mass is 238 g/mol. The van der Waals surface area contributed by atoms with Crippen LogP contribution in [0.4, 0.5) is 13.2 Å². The first-order valence-electron chi connectivity index (χ1n) is 5.50. The number of allylic oxidation sites excluding steroid dienone is 1. The number of hydrogen-bond acceptors (Lipinski definition) is 2. The van der Waals surface area contributed by atoms with E-state index in [2.05, 4.69) is 4.74 Å². The van der Waals surface area contributed by atoms with E-state index in [9.17, 15) is 18.3 Å². The Morgan fingerprint density at radius 2 is 2.12 bits per heavy atom. The molecule has 0 aromatic carbocycles. The fourth-order valence-electron chi connectivity index (χ4n) is 1.73. The molecule has 0 aliphatic heterocycles. The van der Waals surface area contributed by atoms with Gasteiger partial charge in [-0.1, -0.05) is 6.08 Å². The molecule has 1 aliphatic carbocycles. The first-order chi connectivity index (χ1) is 7.49. The second kappa shape index (κ2) is 6.25. The largest absolute Gasteiger partial charge is 0.411 e. The van der Waals surface area contributed by atoms with Gasteiger partial charge >= 0.3 is 6.18 Å². The third kappa shape index (κ3) is 5.51. The van der Waals surface area contributed by atoms with Crippen LogP contribution < -0.4 is 0 Å². The molecule has 94 valence electrons. The Hall–Kier alpha value is -0.550. The van der Waals surface area contributed by atoms with Gasteiger partial charge in [-0.15, -0.1) is 0 Å². The molecule has 0 saturated heterocycles. The molecular weight excluding hydrogens is 221 g/mol. The van der Waals surface area contributed by atoms with E-state index in [4.69, 9.17) is 0 Å². The Balaban J connectivity index is 2.15. The van der Waals surface area contributed by atoms with E-state index >= 15 is 0 Å². The van der Waals surface area contributed by atoms with Crippen LogP contribution in [-0.4, -0.2) is 30.6 Å². The lowest BCUT2D eigenvalue weighted by Crippen LogP contribution is -2.20. The van der Waals surface area contributed by atoms with Crippen LogP contribution in [0.3, 0.4) is 0 Å². The van der Waals surface area contributed by atoms with E-state index in [-0.39, 0.29) is 13.0 Å². The van der Waals surface area contributed by atoms with Gasteiger partial charge in [-0.05, 0) is 31.3 Å². The summed E-state index contributed by atoms with van der Waals surface area (Å²) in [5.41, 5.74) is 0.946. The molecule has 1 atom stereocenters. The second-order valence-electron chi connectivity index (χ2n) is 4.00. The summed E-state index contributed by atoms with van der Waals surface area (Å²) in [6.45, 7) is -1.29. The average molecular weight is 238 g/mol. The van der Waals surface area contributed by atoms with Crippen molar-refractivity contribution >= 4 is 0 Å². The average Bonchev–Trinajstić information content (AvgIpc) is 2.24. The molecule has 1 aliphatic rings. The number of ether oxygens (including phenoxy) is 1. The van der Waals surface area contributed by atoms with Crippen LogP contribution in [0.1, 0.15) is 32.1 Å². The summed E-state index contributed by atoms with van der Waals surface area (Å²) in [5.74, 6) is 0. The Kier molecular flexibility index (Phi) is 5.28. The van der Waals surface area contributed by atoms with E-state index in [1.165, 1.54) is 0 Å². The van der Waals surface area contributed by atoms with Crippen molar-refractivity contribution in [3.8, 4) is 0 Å². The van der Waals surface area contributed by atoms with Crippen molar-refractivity contribution in [1.82, 2.24) is 0 Å². The first-order valence-corrected chi connectivity index (χ1v) is 5.50. The molecule has 1 N–H and O–H groups in total. The number of alkyl halides is 3. The van der Waals surface area contributed by atoms with Gasteiger partial charge in [-0.3, -0.25) is 0 Å². The molecule has 0 aromatic heterocycles. The summed E-state index contributed by atoms with van der Waals surface area (Å²) in [6.07, 6.45) is 1.27. The predicted octanol–water partition coefficient (Wildman–Crippen LogP) is 2.82. The Bertz CT molecular complexity index is 236. The SMILES string of the molecule is OC(CCOCC(F)(F)F)C1=CCCCC1. The lowest BCUT2D eigenvalue weighted by molar-refractivity contribution is -0.174. The van der Waals surface area contributed by atoms with Gasteiger partial charge in [-0.2, -0.15) is 13.2 Å². The lowest BCUT2D eigenvalue weighted by atomic mass is 9.94. The van der Waals surface area contributed by atoms with Crippen LogP contribution in [-0.2, 0) is 4.74 Å². The molecule has 0 aromatic rings. The number of halogens is 3. The molecule has 0 fully saturated rings. The maximum Gasteiger partial charge on any atom is 0.411 e. The highest BCUT2D eigenvalue weighted by Gasteiger charge is 2.27. The van der Waals surface area contributed by atoms with Crippen LogP contribution in [0.15, 0.2) is 11.6 Å². The quantitative estimate of drug-likeness (QED) is 0.589. The zero-order valence-corrected chi connectivity index (χ0v) is 9.09. The van der Waals surface area contributed by atoms with Crippen LogP contribution in [0, 0.1) is 0 Å². The van der Waals surface area contributed by atoms with Gasteiger partial charge in [0.25, 0.3) is 0 Å². The fraction of sp³-hybridized carbons (Fsp3) is 0.818. The molecule has 0 spiro atoms. The Morgan fingerprint density at radius 1 is 1.38 bits per heavy atom. The minimum atomic E-state index is -4.28. The number of aliphatic hydroxyl groups excluding tert-OH is 1. The highest BCUT2D eigenvalue weighted by molar-refractivity contribution is 5.10. The van der Waals surface area contributed by atoms with Crippen LogP contribution in [0.2, 0.25) is 0 Å². The molecule has 2 nitrogen and oxygen atoms in total. The van der Waals surface area contributed by atoms with Gasteiger partial charge in [0.15, 0.2) is 0 Å². The van der Waals surface area contributed by atoms with E-state index in [1.807, 2.05) is 6.08 Å². The summed E-state index contributed by atoms with van der Waals surface area (Å²) >= 11 is 0. The van der Waals surface area contributed by atoms with E-state index in [0.29, 0.717) is 0 Å². The van der Waals surface area contributed by atoms with Crippen molar-refractivity contribution in [2.45, 2.75) is 44.4 Å². The smallest absolute Gasteiger partial charge is 0.389 e. The van der Waals surface area contributed by atoms with Gasteiger partial charge in [0.1, 0.15) is 6.61 Å². The second-order valence-corrected chi connectivity index (χ2v) is 4.00. The van der Waals surface area contributed by atoms with Crippen molar-refractivity contribution in [2.24, 2.45) is 0 Å².